The molecule has 0 saturated carbocycles. The van der Waals surface area contributed by atoms with Gasteiger partial charge in [-0.05, 0) is 6.26 Å². The molecule has 1 aliphatic rings. The number of azo groups is 1. The van der Waals surface area contributed by atoms with Crippen LogP contribution < -0.4 is 5.73 Å². The van der Waals surface area contributed by atoms with Gasteiger partial charge in [0.25, 0.3) is 0 Å². The molecule has 1 aliphatic heterocycles. The number of rotatable bonds is 1. The Morgan fingerprint density at radius 3 is 2.90 bits per heavy atom. The van der Waals surface area contributed by atoms with Crippen LogP contribution in [-0.2, 0) is 0 Å². The number of thioether (sulfide) groups is 1. The standard InChI is InChI=1S/C5H6N4S/c1-10-5-3(2-6)4(7)8-9-5/h5H,7H2,1H3. The van der Waals surface area contributed by atoms with Gasteiger partial charge in [0.2, 0.25) is 0 Å². The van der Waals surface area contributed by atoms with E-state index in [0.29, 0.717) is 5.57 Å². The molecule has 0 radical (unpaired) electrons. The molecule has 0 aromatic heterocycles. The molecule has 52 valence electrons. The van der Waals surface area contributed by atoms with E-state index in [1.54, 1.807) is 0 Å². The highest BCUT2D eigenvalue weighted by Gasteiger charge is 2.20. The van der Waals surface area contributed by atoms with E-state index in [1.165, 1.54) is 11.8 Å². The molecule has 1 rings (SSSR count). The van der Waals surface area contributed by atoms with E-state index in [1.807, 2.05) is 12.3 Å². The van der Waals surface area contributed by atoms with E-state index in [4.69, 9.17) is 11.0 Å². The lowest BCUT2D eigenvalue weighted by Gasteiger charge is -1.97. The Morgan fingerprint density at radius 1 is 1.80 bits per heavy atom. The summed E-state index contributed by atoms with van der Waals surface area (Å²) in [5, 5.41) is 15.7. The molecule has 10 heavy (non-hydrogen) atoms. The average molecular weight is 154 g/mol. The van der Waals surface area contributed by atoms with E-state index in [9.17, 15) is 0 Å². The maximum atomic E-state index is 8.52. The average Bonchev–Trinajstić information content (AvgIpc) is 2.30. The lowest BCUT2D eigenvalue weighted by molar-refractivity contribution is 1.04. The summed E-state index contributed by atoms with van der Waals surface area (Å²) < 4.78 is 0. The summed E-state index contributed by atoms with van der Waals surface area (Å²) in [6.07, 6.45) is 1.86. The summed E-state index contributed by atoms with van der Waals surface area (Å²) in [7, 11) is 0. The van der Waals surface area contributed by atoms with Crippen LogP contribution >= 0.6 is 11.8 Å². The number of hydrogen-bond acceptors (Lipinski definition) is 5. The molecule has 0 saturated heterocycles. The predicted molar refractivity (Wildman–Crippen MR) is 39.0 cm³/mol. The highest BCUT2D eigenvalue weighted by Crippen LogP contribution is 2.25. The molecule has 0 aromatic carbocycles. The Balaban J connectivity index is 2.88. The topological polar surface area (TPSA) is 74.5 Å². The van der Waals surface area contributed by atoms with Crippen LogP contribution in [0, 0.1) is 11.3 Å². The first-order valence-corrected chi connectivity index (χ1v) is 3.91. The van der Waals surface area contributed by atoms with E-state index < -0.39 is 0 Å². The Morgan fingerprint density at radius 2 is 2.50 bits per heavy atom. The second-order valence-electron chi connectivity index (χ2n) is 1.71. The van der Waals surface area contributed by atoms with Crippen molar-refractivity contribution in [1.29, 1.82) is 5.26 Å². The minimum Gasteiger partial charge on any atom is -0.381 e. The molecule has 0 aromatic rings. The van der Waals surface area contributed by atoms with Crippen molar-refractivity contribution < 1.29 is 0 Å². The molecular formula is C5H6N4S. The van der Waals surface area contributed by atoms with E-state index >= 15 is 0 Å². The summed E-state index contributed by atoms with van der Waals surface area (Å²) in [6, 6.07) is 1.96. The summed E-state index contributed by atoms with van der Waals surface area (Å²) in [5.41, 5.74) is 5.80. The molecule has 0 amide bonds. The van der Waals surface area contributed by atoms with Gasteiger partial charge in [-0.3, -0.25) is 0 Å². The van der Waals surface area contributed by atoms with E-state index in [0.717, 1.165) is 0 Å². The normalized spacial score (nSPS) is 23.4. The molecular weight excluding hydrogens is 148 g/mol. The zero-order chi connectivity index (χ0) is 7.56. The third kappa shape index (κ3) is 0.977. The molecule has 1 atom stereocenters. The van der Waals surface area contributed by atoms with Crippen molar-refractivity contribution in [2.75, 3.05) is 6.26 Å². The van der Waals surface area contributed by atoms with Gasteiger partial charge in [-0.1, -0.05) is 0 Å². The zero-order valence-electron chi connectivity index (χ0n) is 5.40. The monoisotopic (exact) mass is 154 g/mol. The van der Waals surface area contributed by atoms with Crippen molar-refractivity contribution in [3.05, 3.63) is 11.4 Å². The molecule has 2 N–H and O–H groups in total. The van der Waals surface area contributed by atoms with Crippen LogP contribution in [0.25, 0.3) is 0 Å². The summed E-state index contributed by atoms with van der Waals surface area (Å²) >= 11 is 1.45. The van der Waals surface area contributed by atoms with E-state index in [2.05, 4.69) is 10.2 Å². The number of hydrogen-bond donors (Lipinski definition) is 1. The fourth-order valence-electron chi connectivity index (χ4n) is 0.630. The Hall–Kier alpha value is -1.02. The van der Waals surface area contributed by atoms with Gasteiger partial charge in [0.05, 0.1) is 0 Å². The molecule has 5 heteroatoms. The quantitative estimate of drug-likeness (QED) is 0.608. The van der Waals surface area contributed by atoms with Crippen molar-refractivity contribution in [1.82, 2.24) is 0 Å². The van der Waals surface area contributed by atoms with Crippen molar-refractivity contribution in [2.24, 2.45) is 16.0 Å². The predicted octanol–water partition coefficient (Wildman–Crippen LogP) is 0.835. The zero-order valence-corrected chi connectivity index (χ0v) is 6.22. The number of nitrogens with two attached hydrogens (primary N) is 1. The smallest absolute Gasteiger partial charge is 0.162 e. The molecule has 0 fully saturated rings. The van der Waals surface area contributed by atoms with Gasteiger partial charge in [-0.2, -0.15) is 10.4 Å². The van der Waals surface area contributed by atoms with Gasteiger partial charge >= 0.3 is 0 Å². The minimum absolute atomic E-state index is 0.176. The van der Waals surface area contributed by atoms with Gasteiger partial charge < -0.3 is 5.73 Å². The van der Waals surface area contributed by atoms with Crippen LogP contribution in [0.4, 0.5) is 0 Å². The first-order valence-electron chi connectivity index (χ1n) is 2.63. The fourth-order valence-corrected chi connectivity index (χ4v) is 1.18. The number of nitriles is 1. The lowest BCUT2D eigenvalue weighted by atomic mass is 10.3. The molecule has 0 aliphatic carbocycles. The van der Waals surface area contributed by atoms with Crippen LogP contribution in [0.5, 0.6) is 0 Å². The lowest BCUT2D eigenvalue weighted by Crippen LogP contribution is -2.01. The highest BCUT2D eigenvalue weighted by molar-refractivity contribution is 7.99. The second-order valence-corrected chi connectivity index (χ2v) is 2.63. The van der Waals surface area contributed by atoms with Crippen LogP contribution in [-0.4, -0.2) is 11.6 Å². The third-order valence-corrected chi connectivity index (χ3v) is 1.91. The first-order chi connectivity index (χ1) is 4.79. The molecule has 1 unspecified atom stereocenters. The van der Waals surface area contributed by atoms with Gasteiger partial charge in [-0.25, -0.2) is 0 Å². The largest absolute Gasteiger partial charge is 0.381 e. The van der Waals surface area contributed by atoms with Gasteiger partial charge in [0.1, 0.15) is 11.6 Å². The Bertz CT molecular complexity index is 237. The van der Waals surface area contributed by atoms with E-state index in [-0.39, 0.29) is 11.2 Å². The van der Waals surface area contributed by atoms with Crippen molar-refractivity contribution in [3.8, 4) is 6.07 Å². The van der Waals surface area contributed by atoms with Gasteiger partial charge in [0.15, 0.2) is 11.2 Å². The summed E-state index contributed by atoms with van der Waals surface area (Å²) in [4.78, 5) is 0. The highest BCUT2D eigenvalue weighted by atomic mass is 32.2. The van der Waals surface area contributed by atoms with Crippen molar-refractivity contribution >= 4 is 11.8 Å². The Labute approximate surface area is 62.8 Å². The van der Waals surface area contributed by atoms with Crippen molar-refractivity contribution in [2.45, 2.75) is 5.37 Å². The SMILES string of the molecule is CSC1N=NC(N)=C1C#N. The Kier molecular flexibility index (Phi) is 1.92. The second kappa shape index (κ2) is 2.71. The molecule has 4 nitrogen and oxygen atoms in total. The molecule has 0 bridgehead atoms. The van der Waals surface area contributed by atoms with Crippen LogP contribution in [0.3, 0.4) is 0 Å². The first kappa shape index (κ1) is 7.09. The molecule has 1 heterocycles. The molecule has 0 spiro atoms. The summed E-state index contributed by atoms with van der Waals surface area (Å²) in [5.74, 6) is 0.252. The summed E-state index contributed by atoms with van der Waals surface area (Å²) in [6.45, 7) is 0. The fraction of sp³-hybridized carbons (Fsp3) is 0.400. The maximum absolute atomic E-state index is 8.52. The van der Waals surface area contributed by atoms with Crippen LogP contribution in [0.1, 0.15) is 0 Å². The van der Waals surface area contributed by atoms with Crippen LogP contribution in [0.15, 0.2) is 21.6 Å². The van der Waals surface area contributed by atoms with Gasteiger partial charge in [-0.15, -0.1) is 16.9 Å². The third-order valence-electron chi connectivity index (χ3n) is 1.14. The van der Waals surface area contributed by atoms with Crippen molar-refractivity contribution in [3.63, 3.8) is 0 Å². The minimum atomic E-state index is -0.176. The van der Waals surface area contributed by atoms with Crippen LogP contribution in [0.2, 0.25) is 0 Å². The van der Waals surface area contributed by atoms with Gasteiger partial charge in [0, 0.05) is 0 Å². The number of nitrogens with zero attached hydrogens (tertiary/aromatic N) is 3. The maximum Gasteiger partial charge on any atom is 0.162 e.